The van der Waals surface area contributed by atoms with E-state index >= 15 is 0 Å². The van der Waals surface area contributed by atoms with Gasteiger partial charge in [0.05, 0.1) is 6.10 Å². The predicted octanol–water partition coefficient (Wildman–Crippen LogP) is 3.25. The fraction of sp³-hybridized carbons (Fsp3) is 0.235. The van der Waals surface area contributed by atoms with Crippen molar-refractivity contribution in [3.05, 3.63) is 71.8 Å². The fourth-order valence-electron chi connectivity index (χ4n) is 2.04. The summed E-state index contributed by atoms with van der Waals surface area (Å²) >= 11 is 0. The summed E-state index contributed by atoms with van der Waals surface area (Å²) in [6.07, 6.45) is 1.02. The van der Waals surface area contributed by atoms with Gasteiger partial charge in [0.25, 0.3) is 0 Å². The number of rotatable bonds is 6. The normalized spacial score (nSPS) is 12.1. The molecule has 0 aliphatic carbocycles. The van der Waals surface area contributed by atoms with Gasteiger partial charge in [-0.1, -0.05) is 60.7 Å². The molecule has 0 amide bonds. The highest BCUT2D eigenvalue weighted by Crippen LogP contribution is 2.10. The van der Waals surface area contributed by atoms with Crippen molar-refractivity contribution in [2.45, 2.75) is 25.4 Å². The van der Waals surface area contributed by atoms with Gasteiger partial charge < -0.3 is 5.11 Å². The smallest absolute Gasteiger partial charge is 0.165 e. The molecule has 1 N–H and O–H groups in total. The Hall–Kier alpha value is -1.93. The molecule has 0 spiro atoms. The van der Waals surface area contributed by atoms with E-state index in [2.05, 4.69) is 0 Å². The molecule has 2 nitrogen and oxygen atoms in total. The van der Waals surface area contributed by atoms with E-state index in [1.54, 1.807) is 12.1 Å². The Balaban J connectivity index is 1.81. The van der Waals surface area contributed by atoms with Crippen molar-refractivity contribution in [2.75, 3.05) is 0 Å². The van der Waals surface area contributed by atoms with E-state index in [1.807, 2.05) is 48.5 Å². The Kier molecular flexibility index (Phi) is 4.87. The number of Topliss-reactive ketones (excluding diaryl/α,β-unsaturated/α-hetero) is 1. The van der Waals surface area contributed by atoms with E-state index in [-0.39, 0.29) is 12.2 Å². The Morgan fingerprint density at radius 2 is 1.53 bits per heavy atom. The van der Waals surface area contributed by atoms with Crippen LogP contribution in [0.3, 0.4) is 0 Å². The minimum Gasteiger partial charge on any atom is -0.393 e. The average molecular weight is 254 g/mol. The molecule has 1 atom stereocenters. The van der Waals surface area contributed by atoms with E-state index in [0.717, 1.165) is 6.42 Å². The van der Waals surface area contributed by atoms with Crippen LogP contribution in [0.5, 0.6) is 0 Å². The van der Waals surface area contributed by atoms with Crippen LogP contribution in [-0.4, -0.2) is 17.0 Å². The molecule has 0 heterocycles. The van der Waals surface area contributed by atoms with Crippen LogP contribution in [0.2, 0.25) is 0 Å². The van der Waals surface area contributed by atoms with Gasteiger partial charge in [-0.25, -0.2) is 0 Å². The second kappa shape index (κ2) is 6.86. The highest BCUT2D eigenvalue weighted by molar-refractivity contribution is 5.96. The molecule has 0 radical (unpaired) electrons. The zero-order chi connectivity index (χ0) is 13.5. The van der Waals surface area contributed by atoms with Crippen molar-refractivity contribution in [1.82, 2.24) is 0 Å². The molecule has 2 aromatic carbocycles. The van der Waals surface area contributed by atoms with Crippen molar-refractivity contribution in [2.24, 2.45) is 0 Å². The molecule has 0 unspecified atom stereocenters. The molecule has 0 bridgehead atoms. The molecule has 0 aliphatic heterocycles. The monoisotopic (exact) mass is 254 g/mol. The molecule has 0 saturated heterocycles. The lowest BCUT2D eigenvalue weighted by Gasteiger charge is -2.09. The van der Waals surface area contributed by atoms with Crippen LogP contribution in [0.4, 0.5) is 0 Å². The van der Waals surface area contributed by atoms with Crippen LogP contribution >= 0.6 is 0 Å². The molecule has 0 fully saturated rings. The van der Waals surface area contributed by atoms with E-state index in [0.29, 0.717) is 12.0 Å². The van der Waals surface area contributed by atoms with Gasteiger partial charge in [-0.05, 0) is 18.4 Å². The average Bonchev–Trinajstić information content (AvgIpc) is 2.47. The number of benzene rings is 2. The number of aliphatic hydroxyl groups is 1. The van der Waals surface area contributed by atoms with E-state index in [9.17, 15) is 9.90 Å². The molecule has 19 heavy (non-hydrogen) atoms. The zero-order valence-corrected chi connectivity index (χ0v) is 10.8. The van der Waals surface area contributed by atoms with Crippen LogP contribution in [-0.2, 0) is 6.42 Å². The first-order chi connectivity index (χ1) is 9.25. The largest absolute Gasteiger partial charge is 0.393 e. The first-order valence-electron chi connectivity index (χ1n) is 6.56. The van der Waals surface area contributed by atoms with Crippen LogP contribution in [0.15, 0.2) is 60.7 Å². The van der Waals surface area contributed by atoms with Crippen molar-refractivity contribution in [3.63, 3.8) is 0 Å². The number of carbonyl (C=O) groups excluding carboxylic acids is 1. The maximum absolute atomic E-state index is 11.9. The summed E-state index contributed by atoms with van der Waals surface area (Å²) in [6.45, 7) is 0. The SMILES string of the molecule is O=C(C[C@@H](O)CCc1ccccc1)c1ccccc1. The lowest BCUT2D eigenvalue weighted by Crippen LogP contribution is -2.14. The van der Waals surface area contributed by atoms with Crippen molar-refractivity contribution >= 4 is 5.78 Å². The third-order valence-electron chi connectivity index (χ3n) is 3.13. The lowest BCUT2D eigenvalue weighted by molar-refractivity contribution is 0.0868. The second-order valence-electron chi connectivity index (χ2n) is 4.67. The molecule has 0 saturated carbocycles. The standard InChI is InChI=1S/C17H18O2/c18-16(12-11-14-7-3-1-4-8-14)13-17(19)15-9-5-2-6-10-15/h1-10,16,18H,11-13H2/t16-/m0/s1. The van der Waals surface area contributed by atoms with Gasteiger partial charge in [0.1, 0.15) is 0 Å². The van der Waals surface area contributed by atoms with Gasteiger partial charge in [0.15, 0.2) is 5.78 Å². The number of aryl methyl sites for hydroxylation is 1. The van der Waals surface area contributed by atoms with Crippen molar-refractivity contribution in [3.8, 4) is 0 Å². The molecule has 98 valence electrons. The van der Waals surface area contributed by atoms with Gasteiger partial charge in [-0.3, -0.25) is 4.79 Å². The summed E-state index contributed by atoms with van der Waals surface area (Å²) < 4.78 is 0. The fourth-order valence-corrected chi connectivity index (χ4v) is 2.04. The van der Waals surface area contributed by atoms with Crippen LogP contribution < -0.4 is 0 Å². The van der Waals surface area contributed by atoms with Gasteiger partial charge in [0, 0.05) is 12.0 Å². The van der Waals surface area contributed by atoms with Crippen molar-refractivity contribution < 1.29 is 9.90 Å². The molecule has 0 aliphatic rings. The van der Waals surface area contributed by atoms with Crippen LogP contribution in [0.1, 0.15) is 28.8 Å². The minimum atomic E-state index is -0.576. The van der Waals surface area contributed by atoms with Gasteiger partial charge in [-0.2, -0.15) is 0 Å². The summed E-state index contributed by atoms with van der Waals surface area (Å²) in [5.41, 5.74) is 1.86. The quantitative estimate of drug-likeness (QED) is 0.803. The van der Waals surface area contributed by atoms with Crippen molar-refractivity contribution in [1.29, 1.82) is 0 Å². The summed E-state index contributed by atoms with van der Waals surface area (Å²) in [7, 11) is 0. The Morgan fingerprint density at radius 1 is 0.947 bits per heavy atom. The number of hydrogen-bond donors (Lipinski definition) is 1. The lowest BCUT2D eigenvalue weighted by atomic mass is 10.0. The minimum absolute atomic E-state index is 0.00108. The third-order valence-corrected chi connectivity index (χ3v) is 3.13. The summed E-state index contributed by atoms with van der Waals surface area (Å²) in [4.78, 5) is 11.9. The topological polar surface area (TPSA) is 37.3 Å². The van der Waals surface area contributed by atoms with E-state index in [4.69, 9.17) is 0 Å². The summed E-state index contributed by atoms with van der Waals surface area (Å²) in [5.74, 6) is 0.00108. The number of ketones is 1. The summed E-state index contributed by atoms with van der Waals surface area (Å²) in [6, 6.07) is 19.1. The maximum Gasteiger partial charge on any atom is 0.165 e. The van der Waals surface area contributed by atoms with E-state index in [1.165, 1.54) is 5.56 Å². The zero-order valence-electron chi connectivity index (χ0n) is 10.8. The first-order valence-corrected chi connectivity index (χ1v) is 6.56. The van der Waals surface area contributed by atoms with E-state index < -0.39 is 6.10 Å². The molecule has 2 heteroatoms. The van der Waals surface area contributed by atoms with Crippen LogP contribution in [0, 0.1) is 0 Å². The third kappa shape index (κ3) is 4.34. The maximum atomic E-state index is 11.9. The molecular weight excluding hydrogens is 236 g/mol. The first kappa shape index (κ1) is 13.5. The Labute approximate surface area is 113 Å². The number of aliphatic hydroxyl groups excluding tert-OH is 1. The highest BCUT2D eigenvalue weighted by Gasteiger charge is 2.12. The Morgan fingerprint density at radius 3 is 2.16 bits per heavy atom. The second-order valence-corrected chi connectivity index (χ2v) is 4.67. The van der Waals surface area contributed by atoms with Gasteiger partial charge in [0.2, 0.25) is 0 Å². The Bertz CT molecular complexity index is 505. The highest BCUT2D eigenvalue weighted by atomic mass is 16.3. The number of carbonyl (C=O) groups is 1. The predicted molar refractivity (Wildman–Crippen MR) is 76.2 cm³/mol. The molecular formula is C17H18O2. The molecule has 2 aromatic rings. The molecule has 0 aromatic heterocycles. The van der Waals surface area contributed by atoms with Gasteiger partial charge >= 0.3 is 0 Å². The van der Waals surface area contributed by atoms with Crippen LogP contribution in [0.25, 0.3) is 0 Å². The molecule has 2 rings (SSSR count). The number of hydrogen-bond acceptors (Lipinski definition) is 2. The summed E-state index contributed by atoms with van der Waals surface area (Å²) in [5, 5.41) is 9.92. The van der Waals surface area contributed by atoms with Gasteiger partial charge in [-0.15, -0.1) is 0 Å².